The predicted molar refractivity (Wildman–Crippen MR) is 128 cm³/mol. The van der Waals surface area contributed by atoms with Crippen LogP contribution in [0.4, 0.5) is 0 Å². The van der Waals surface area contributed by atoms with Gasteiger partial charge >= 0.3 is 5.63 Å². The molecule has 0 fully saturated rings. The van der Waals surface area contributed by atoms with Crippen molar-refractivity contribution >= 4 is 37.7 Å². The number of hydrogen-bond donors (Lipinski definition) is 0. The Bertz CT molecular complexity index is 1320. The summed E-state index contributed by atoms with van der Waals surface area (Å²) >= 11 is 3.54. The van der Waals surface area contributed by atoms with Crippen LogP contribution < -0.4 is 24.6 Å². The number of rotatable bonds is 7. The van der Waals surface area contributed by atoms with E-state index in [1.165, 1.54) is 0 Å². The summed E-state index contributed by atoms with van der Waals surface area (Å²) in [6, 6.07) is 14.8. The first-order valence-electron chi connectivity index (χ1n) is 10.0. The second kappa shape index (κ2) is 9.12. The molecule has 0 aliphatic heterocycles. The highest BCUT2D eigenvalue weighted by Crippen LogP contribution is 2.36. The molecule has 0 aliphatic rings. The third-order valence-electron chi connectivity index (χ3n) is 5.29. The summed E-state index contributed by atoms with van der Waals surface area (Å²) in [7, 11) is 4.77. The molecule has 0 spiro atoms. The monoisotopic (exact) mass is 498 g/mol. The van der Waals surface area contributed by atoms with Crippen molar-refractivity contribution in [3.63, 3.8) is 0 Å². The van der Waals surface area contributed by atoms with Gasteiger partial charge in [-0.3, -0.25) is 0 Å². The molecule has 0 N–H and O–H groups in total. The zero-order valence-electron chi connectivity index (χ0n) is 18.2. The van der Waals surface area contributed by atoms with E-state index in [1.807, 2.05) is 43.3 Å². The molecule has 3 aromatic carbocycles. The molecule has 0 saturated carbocycles. The molecule has 1 heterocycles. The number of benzene rings is 3. The molecule has 32 heavy (non-hydrogen) atoms. The van der Waals surface area contributed by atoms with Crippen LogP contribution in [0, 0.1) is 0 Å². The van der Waals surface area contributed by atoms with Crippen molar-refractivity contribution < 1.29 is 23.4 Å². The molecule has 0 amide bonds. The third kappa shape index (κ3) is 4.25. The number of fused-ring (bicyclic) bond motifs is 3. The van der Waals surface area contributed by atoms with Crippen LogP contribution in [0.2, 0.25) is 0 Å². The van der Waals surface area contributed by atoms with Gasteiger partial charge in [-0.05, 0) is 42.3 Å². The van der Waals surface area contributed by atoms with Crippen LogP contribution in [0.3, 0.4) is 0 Å². The first-order valence-corrected chi connectivity index (χ1v) is 10.9. The van der Waals surface area contributed by atoms with Crippen molar-refractivity contribution in [2.24, 2.45) is 0 Å². The van der Waals surface area contributed by atoms with Crippen LogP contribution >= 0.6 is 15.9 Å². The van der Waals surface area contributed by atoms with Gasteiger partial charge < -0.3 is 23.4 Å². The highest BCUT2D eigenvalue weighted by molar-refractivity contribution is 9.09. The van der Waals surface area contributed by atoms with E-state index in [1.54, 1.807) is 33.5 Å². The zero-order valence-corrected chi connectivity index (χ0v) is 19.8. The Kier molecular flexibility index (Phi) is 6.28. The topological polar surface area (TPSA) is 67.1 Å². The summed E-state index contributed by atoms with van der Waals surface area (Å²) in [6.07, 6.45) is 0. The van der Waals surface area contributed by atoms with Gasteiger partial charge in [-0.15, -0.1) is 0 Å². The predicted octanol–water partition coefficient (Wildman–Crippen LogP) is 6.01. The van der Waals surface area contributed by atoms with E-state index >= 15 is 0 Å². The molecule has 0 bridgehead atoms. The lowest BCUT2D eigenvalue weighted by Gasteiger charge is -2.14. The van der Waals surface area contributed by atoms with Crippen molar-refractivity contribution in [1.82, 2.24) is 0 Å². The van der Waals surface area contributed by atoms with Crippen molar-refractivity contribution in [2.45, 2.75) is 18.4 Å². The Morgan fingerprint density at radius 2 is 1.56 bits per heavy atom. The molecule has 6 nitrogen and oxygen atoms in total. The van der Waals surface area contributed by atoms with Crippen LogP contribution in [0.15, 0.2) is 57.7 Å². The van der Waals surface area contributed by atoms with Crippen LogP contribution in [0.25, 0.3) is 21.7 Å². The average molecular weight is 499 g/mol. The molecule has 0 aliphatic carbocycles. The SMILES string of the molecule is COc1cc(COc2cc3oc(=O)c4cc(C(C)Br)ccc4c3cc2OC)cc(OC)c1. The second-order valence-corrected chi connectivity index (χ2v) is 8.69. The van der Waals surface area contributed by atoms with Gasteiger partial charge in [-0.1, -0.05) is 28.1 Å². The van der Waals surface area contributed by atoms with E-state index in [9.17, 15) is 4.79 Å². The van der Waals surface area contributed by atoms with Crippen molar-refractivity contribution in [3.8, 4) is 23.0 Å². The molecule has 1 atom stereocenters. The third-order valence-corrected chi connectivity index (χ3v) is 5.82. The van der Waals surface area contributed by atoms with Gasteiger partial charge in [0.15, 0.2) is 11.5 Å². The van der Waals surface area contributed by atoms with Crippen molar-refractivity contribution in [3.05, 3.63) is 70.1 Å². The summed E-state index contributed by atoms with van der Waals surface area (Å²) < 4.78 is 27.9. The summed E-state index contributed by atoms with van der Waals surface area (Å²) in [5, 5.41) is 2.11. The number of methoxy groups -OCH3 is 3. The Hall–Kier alpha value is -3.19. The normalized spacial score (nSPS) is 12.0. The molecule has 0 saturated heterocycles. The molecule has 1 unspecified atom stereocenters. The maximum absolute atomic E-state index is 12.7. The molecule has 166 valence electrons. The maximum Gasteiger partial charge on any atom is 0.344 e. The minimum atomic E-state index is -0.392. The lowest BCUT2D eigenvalue weighted by atomic mass is 10.0. The van der Waals surface area contributed by atoms with E-state index in [4.69, 9.17) is 23.4 Å². The summed E-state index contributed by atoms with van der Waals surface area (Å²) in [5.41, 5.74) is 1.90. The quantitative estimate of drug-likeness (QED) is 0.176. The maximum atomic E-state index is 12.7. The van der Waals surface area contributed by atoms with Crippen LogP contribution in [0.5, 0.6) is 23.0 Å². The fraction of sp³-hybridized carbons (Fsp3) is 0.240. The molecule has 4 aromatic rings. The van der Waals surface area contributed by atoms with Crippen molar-refractivity contribution in [1.29, 1.82) is 0 Å². The smallest absolute Gasteiger partial charge is 0.344 e. The highest BCUT2D eigenvalue weighted by atomic mass is 79.9. The lowest BCUT2D eigenvalue weighted by Crippen LogP contribution is -2.03. The molecular weight excluding hydrogens is 476 g/mol. The number of hydrogen-bond acceptors (Lipinski definition) is 6. The largest absolute Gasteiger partial charge is 0.497 e. The molecule has 0 radical (unpaired) electrons. The summed E-state index contributed by atoms with van der Waals surface area (Å²) in [4.78, 5) is 12.8. The minimum Gasteiger partial charge on any atom is -0.497 e. The van der Waals surface area contributed by atoms with Crippen LogP contribution in [0.1, 0.15) is 22.9 Å². The molecule has 4 rings (SSSR count). The molecular formula is C25H23BrO6. The molecule has 1 aromatic heterocycles. The zero-order chi connectivity index (χ0) is 22.8. The Balaban J connectivity index is 1.75. The lowest BCUT2D eigenvalue weighted by molar-refractivity contribution is 0.283. The number of halogens is 1. The number of ether oxygens (including phenoxy) is 4. The van der Waals surface area contributed by atoms with Gasteiger partial charge in [0.25, 0.3) is 0 Å². The molecule has 7 heteroatoms. The van der Waals surface area contributed by atoms with Crippen molar-refractivity contribution in [2.75, 3.05) is 21.3 Å². The van der Waals surface area contributed by atoms with Gasteiger partial charge in [-0.25, -0.2) is 4.79 Å². The van der Waals surface area contributed by atoms with Gasteiger partial charge in [0, 0.05) is 27.7 Å². The van der Waals surface area contributed by atoms with Crippen LogP contribution in [-0.2, 0) is 6.61 Å². The first kappa shape index (κ1) is 22.0. The second-order valence-electron chi connectivity index (χ2n) is 7.32. The minimum absolute atomic E-state index is 0.127. The van der Waals surface area contributed by atoms with E-state index in [0.717, 1.165) is 21.9 Å². The van der Waals surface area contributed by atoms with E-state index in [-0.39, 0.29) is 11.4 Å². The van der Waals surface area contributed by atoms with E-state index < -0.39 is 5.63 Å². The fourth-order valence-electron chi connectivity index (χ4n) is 3.59. The Morgan fingerprint density at radius 1 is 0.844 bits per heavy atom. The van der Waals surface area contributed by atoms with E-state index in [0.29, 0.717) is 34.0 Å². The fourth-order valence-corrected chi connectivity index (χ4v) is 3.87. The van der Waals surface area contributed by atoms with Gasteiger partial charge in [0.1, 0.15) is 23.7 Å². The summed E-state index contributed by atoms with van der Waals surface area (Å²) in [5.74, 6) is 2.35. The van der Waals surface area contributed by atoms with Gasteiger partial charge in [0.05, 0.1) is 26.7 Å². The van der Waals surface area contributed by atoms with Gasteiger partial charge in [0.2, 0.25) is 0 Å². The average Bonchev–Trinajstić information content (AvgIpc) is 2.81. The first-order chi connectivity index (χ1) is 15.4. The summed E-state index contributed by atoms with van der Waals surface area (Å²) in [6.45, 7) is 2.26. The Morgan fingerprint density at radius 3 is 2.19 bits per heavy atom. The highest BCUT2D eigenvalue weighted by Gasteiger charge is 2.15. The van der Waals surface area contributed by atoms with E-state index in [2.05, 4.69) is 15.9 Å². The van der Waals surface area contributed by atoms with Gasteiger partial charge in [-0.2, -0.15) is 0 Å². The van der Waals surface area contributed by atoms with Crippen LogP contribution in [-0.4, -0.2) is 21.3 Å². The Labute approximate surface area is 193 Å². The standard InChI is InChI=1S/C25H23BrO6/c1-14(26)16-5-6-19-20-11-23(30-4)24(12-22(20)32-25(27)21(19)9-16)31-13-15-7-17(28-2)10-18(8-15)29-3/h5-12,14H,13H2,1-4H3. The number of alkyl halides is 1.